The molecule has 2 heteroatoms. The second kappa shape index (κ2) is 4.75. The van der Waals surface area contributed by atoms with Gasteiger partial charge in [-0.2, -0.15) is 0 Å². The van der Waals surface area contributed by atoms with Crippen LogP contribution < -0.4 is 5.32 Å². The summed E-state index contributed by atoms with van der Waals surface area (Å²) >= 11 is 0. The zero-order chi connectivity index (χ0) is 10.7. The molecule has 1 aromatic carbocycles. The third kappa shape index (κ3) is 2.57. The Hall–Kier alpha value is -0.890. The van der Waals surface area contributed by atoms with Gasteiger partial charge in [0.05, 0.1) is 0 Å². The number of benzene rings is 1. The summed E-state index contributed by atoms with van der Waals surface area (Å²) in [5.74, 6) is -0.101. The summed E-state index contributed by atoms with van der Waals surface area (Å²) < 4.78 is 13.5. The maximum absolute atomic E-state index is 13.5. The average molecular weight is 207 g/mol. The first-order valence-electron chi connectivity index (χ1n) is 5.78. The van der Waals surface area contributed by atoms with Crippen LogP contribution in [0.15, 0.2) is 24.3 Å². The molecule has 1 aliphatic rings. The van der Waals surface area contributed by atoms with Crippen LogP contribution in [0.1, 0.15) is 44.2 Å². The van der Waals surface area contributed by atoms with Gasteiger partial charge in [-0.1, -0.05) is 31.0 Å². The highest BCUT2D eigenvalue weighted by atomic mass is 19.1. The number of halogens is 1. The van der Waals surface area contributed by atoms with Gasteiger partial charge in [0.1, 0.15) is 5.82 Å². The fourth-order valence-corrected chi connectivity index (χ4v) is 2.36. The van der Waals surface area contributed by atoms with Crippen molar-refractivity contribution in [3.8, 4) is 0 Å². The molecule has 0 radical (unpaired) electrons. The van der Waals surface area contributed by atoms with Crippen molar-refractivity contribution < 1.29 is 4.39 Å². The average Bonchev–Trinajstić information content (AvgIpc) is 2.71. The van der Waals surface area contributed by atoms with Gasteiger partial charge in [-0.05, 0) is 25.8 Å². The minimum Gasteiger partial charge on any atom is -0.307 e. The first kappa shape index (κ1) is 10.6. The molecule has 1 aliphatic carbocycles. The topological polar surface area (TPSA) is 12.0 Å². The summed E-state index contributed by atoms with van der Waals surface area (Å²) in [6.07, 6.45) is 5.08. The van der Waals surface area contributed by atoms with Crippen LogP contribution >= 0.6 is 0 Å². The van der Waals surface area contributed by atoms with E-state index in [-0.39, 0.29) is 11.9 Å². The maximum Gasteiger partial charge on any atom is 0.127 e. The highest BCUT2D eigenvalue weighted by Crippen LogP contribution is 2.23. The molecule has 0 unspecified atom stereocenters. The van der Waals surface area contributed by atoms with Gasteiger partial charge >= 0.3 is 0 Å². The van der Waals surface area contributed by atoms with Gasteiger partial charge in [-0.15, -0.1) is 0 Å². The first-order chi connectivity index (χ1) is 7.27. The molecule has 0 heterocycles. The van der Waals surface area contributed by atoms with Crippen molar-refractivity contribution in [1.82, 2.24) is 5.32 Å². The Bertz CT molecular complexity index is 318. The fraction of sp³-hybridized carbons (Fsp3) is 0.538. The lowest BCUT2D eigenvalue weighted by Crippen LogP contribution is -2.29. The molecular weight excluding hydrogens is 189 g/mol. The lowest BCUT2D eigenvalue weighted by molar-refractivity contribution is 0.447. The Morgan fingerprint density at radius 3 is 2.60 bits per heavy atom. The molecule has 15 heavy (non-hydrogen) atoms. The van der Waals surface area contributed by atoms with E-state index in [1.54, 1.807) is 6.07 Å². The lowest BCUT2D eigenvalue weighted by atomic mass is 10.1. The predicted octanol–water partition coefficient (Wildman–Crippen LogP) is 3.42. The predicted molar refractivity (Wildman–Crippen MR) is 60.2 cm³/mol. The van der Waals surface area contributed by atoms with Crippen molar-refractivity contribution in [1.29, 1.82) is 0 Å². The monoisotopic (exact) mass is 207 g/mol. The van der Waals surface area contributed by atoms with Crippen LogP contribution in [0.5, 0.6) is 0 Å². The Morgan fingerprint density at radius 2 is 1.93 bits per heavy atom. The molecule has 0 bridgehead atoms. The Kier molecular flexibility index (Phi) is 3.37. The quantitative estimate of drug-likeness (QED) is 0.800. The second-order valence-electron chi connectivity index (χ2n) is 4.39. The lowest BCUT2D eigenvalue weighted by Gasteiger charge is -2.19. The van der Waals surface area contributed by atoms with Crippen molar-refractivity contribution >= 4 is 0 Å². The third-order valence-corrected chi connectivity index (χ3v) is 3.21. The van der Waals surface area contributed by atoms with Crippen LogP contribution in [0.2, 0.25) is 0 Å². The zero-order valence-corrected chi connectivity index (χ0v) is 9.17. The smallest absolute Gasteiger partial charge is 0.127 e. The van der Waals surface area contributed by atoms with Gasteiger partial charge < -0.3 is 5.32 Å². The van der Waals surface area contributed by atoms with E-state index in [0.717, 1.165) is 5.56 Å². The van der Waals surface area contributed by atoms with E-state index in [1.807, 2.05) is 19.1 Å². The Morgan fingerprint density at radius 1 is 1.27 bits per heavy atom. The number of hydrogen-bond donors (Lipinski definition) is 1. The molecule has 0 saturated heterocycles. The van der Waals surface area contributed by atoms with Crippen LogP contribution in [0.4, 0.5) is 4.39 Å². The highest BCUT2D eigenvalue weighted by molar-refractivity contribution is 5.20. The van der Waals surface area contributed by atoms with E-state index in [4.69, 9.17) is 0 Å². The summed E-state index contributed by atoms with van der Waals surface area (Å²) in [4.78, 5) is 0. The summed E-state index contributed by atoms with van der Waals surface area (Å²) in [5, 5.41) is 3.50. The fourth-order valence-electron chi connectivity index (χ4n) is 2.36. The number of rotatable bonds is 3. The van der Waals surface area contributed by atoms with Crippen molar-refractivity contribution in [2.75, 3.05) is 0 Å². The van der Waals surface area contributed by atoms with Crippen LogP contribution in [-0.4, -0.2) is 6.04 Å². The van der Waals surface area contributed by atoms with Crippen LogP contribution in [0.25, 0.3) is 0 Å². The summed E-state index contributed by atoms with van der Waals surface area (Å²) in [6, 6.07) is 7.73. The van der Waals surface area contributed by atoms with Gasteiger partial charge in [-0.25, -0.2) is 4.39 Å². The largest absolute Gasteiger partial charge is 0.307 e. The Balaban J connectivity index is 2.00. The molecule has 1 saturated carbocycles. The standard InChI is InChI=1S/C13H18FN/c1-10(15-11-6-2-3-7-11)12-8-4-5-9-13(12)14/h4-5,8-11,15H,2-3,6-7H2,1H3/t10-/m0/s1. The van der Waals surface area contributed by atoms with Gasteiger partial charge in [0.15, 0.2) is 0 Å². The normalized spacial score (nSPS) is 19.3. The molecule has 1 N–H and O–H groups in total. The zero-order valence-electron chi connectivity index (χ0n) is 9.17. The van der Waals surface area contributed by atoms with Crippen molar-refractivity contribution in [3.63, 3.8) is 0 Å². The Labute approximate surface area is 90.7 Å². The van der Waals surface area contributed by atoms with Crippen LogP contribution in [0.3, 0.4) is 0 Å². The van der Waals surface area contributed by atoms with Gasteiger partial charge in [-0.3, -0.25) is 0 Å². The van der Waals surface area contributed by atoms with E-state index < -0.39 is 0 Å². The number of nitrogens with one attached hydrogen (secondary N) is 1. The van der Waals surface area contributed by atoms with E-state index in [2.05, 4.69) is 5.32 Å². The molecule has 0 spiro atoms. The molecular formula is C13H18FN. The van der Waals surface area contributed by atoms with Crippen LogP contribution in [-0.2, 0) is 0 Å². The molecule has 0 aliphatic heterocycles. The molecule has 2 rings (SSSR count). The molecule has 0 amide bonds. The minimum absolute atomic E-state index is 0.101. The van der Waals surface area contributed by atoms with Gasteiger partial charge in [0, 0.05) is 17.6 Å². The van der Waals surface area contributed by atoms with Crippen LogP contribution in [0, 0.1) is 5.82 Å². The second-order valence-corrected chi connectivity index (χ2v) is 4.39. The third-order valence-electron chi connectivity index (χ3n) is 3.21. The SMILES string of the molecule is C[C@H](NC1CCCC1)c1ccccc1F. The molecule has 0 aromatic heterocycles. The number of hydrogen-bond acceptors (Lipinski definition) is 1. The summed E-state index contributed by atoms with van der Waals surface area (Å²) in [6.45, 7) is 2.04. The highest BCUT2D eigenvalue weighted by Gasteiger charge is 2.18. The molecule has 1 atom stereocenters. The van der Waals surface area contributed by atoms with Crippen molar-refractivity contribution in [2.45, 2.75) is 44.7 Å². The van der Waals surface area contributed by atoms with Crippen molar-refractivity contribution in [2.24, 2.45) is 0 Å². The maximum atomic E-state index is 13.5. The van der Waals surface area contributed by atoms with E-state index in [1.165, 1.54) is 31.7 Å². The van der Waals surface area contributed by atoms with E-state index >= 15 is 0 Å². The molecule has 1 aromatic rings. The van der Waals surface area contributed by atoms with E-state index in [9.17, 15) is 4.39 Å². The van der Waals surface area contributed by atoms with Gasteiger partial charge in [0.2, 0.25) is 0 Å². The molecule has 1 fully saturated rings. The molecule has 82 valence electrons. The summed E-state index contributed by atoms with van der Waals surface area (Å²) in [5.41, 5.74) is 0.782. The molecule has 1 nitrogen and oxygen atoms in total. The van der Waals surface area contributed by atoms with Crippen molar-refractivity contribution in [3.05, 3.63) is 35.6 Å². The van der Waals surface area contributed by atoms with Gasteiger partial charge in [0.25, 0.3) is 0 Å². The minimum atomic E-state index is -0.101. The summed E-state index contributed by atoms with van der Waals surface area (Å²) in [7, 11) is 0. The first-order valence-corrected chi connectivity index (χ1v) is 5.78. The van der Waals surface area contributed by atoms with E-state index in [0.29, 0.717) is 6.04 Å².